The van der Waals surface area contributed by atoms with Crippen LogP contribution in [0.5, 0.6) is 11.5 Å². The van der Waals surface area contributed by atoms with Crippen LogP contribution in [0.1, 0.15) is 12.5 Å². The zero-order valence-electron chi connectivity index (χ0n) is 14.7. The highest BCUT2D eigenvalue weighted by Gasteiger charge is 2.18. The van der Waals surface area contributed by atoms with Crippen molar-refractivity contribution in [2.75, 3.05) is 24.7 Å². The van der Waals surface area contributed by atoms with E-state index in [-0.39, 0.29) is 0 Å². The molecule has 2 aromatic carbocycles. The van der Waals surface area contributed by atoms with Crippen molar-refractivity contribution < 1.29 is 9.84 Å². The Kier molecular flexibility index (Phi) is 6.57. The van der Waals surface area contributed by atoms with Crippen LogP contribution < -0.4 is 10.1 Å². The molecule has 3 nitrogen and oxygen atoms in total. The second-order valence-corrected chi connectivity index (χ2v) is 8.64. The number of benzene rings is 2. The predicted molar refractivity (Wildman–Crippen MR) is 107 cm³/mol. The first-order valence-corrected chi connectivity index (χ1v) is 10.6. The van der Waals surface area contributed by atoms with E-state index < -0.39 is 0 Å². The van der Waals surface area contributed by atoms with Crippen LogP contribution in [0.25, 0.3) is 0 Å². The molecule has 0 aliphatic carbocycles. The molecular formula is C20H25NO2S2. The molecule has 0 saturated heterocycles. The zero-order chi connectivity index (χ0) is 17.6. The third kappa shape index (κ3) is 5.09. The number of nitrogens with one attached hydrogen (secondary N) is 1. The van der Waals surface area contributed by atoms with Gasteiger partial charge in [-0.25, -0.2) is 0 Å². The van der Waals surface area contributed by atoms with Crippen molar-refractivity contribution in [3.63, 3.8) is 0 Å². The lowest BCUT2D eigenvalue weighted by Crippen LogP contribution is -2.39. The van der Waals surface area contributed by atoms with Crippen LogP contribution in [0.4, 0.5) is 0 Å². The van der Waals surface area contributed by atoms with Crippen molar-refractivity contribution in [3.8, 4) is 11.5 Å². The third-order valence-electron chi connectivity index (χ3n) is 4.21. The highest BCUT2D eigenvalue weighted by Crippen LogP contribution is 2.33. The molecule has 5 heteroatoms. The van der Waals surface area contributed by atoms with Crippen LogP contribution >= 0.6 is 23.5 Å². The first-order chi connectivity index (χ1) is 12.1. The van der Waals surface area contributed by atoms with Gasteiger partial charge in [0, 0.05) is 21.3 Å². The Balaban J connectivity index is 1.43. The van der Waals surface area contributed by atoms with Gasteiger partial charge in [-0.05, 0) is 43.1 Å². The molecule has 1 heterocycles. The molecule has 1 aliphatic rings. The molecule has 134 valence electrons. The van der Waals surface area contributed by atoms with Gasteiger partial charge in [-0.1, -0.05) is 31.2 Å². The summed E-state index contributed by atoms with van der Waals surface area (Å²) < 4.78 is 5.93. The highest BCUT2D eigenvalue weighted by atomic mass is 32.2. The van der Waals surface area contributed by atoms with Crippen LogP contribution in [0.2, 0.25) is 0 Å². The Bertz CT molecular complexity index is 681. The van der Waals surface area contributed by atoms with Gasteiger partial charge in [-0.15, -0.1) is 23.5 Å². The molecule has 2 N–H and O–H groups in total. The molecular weight excluding hydrogens is 350 g/mol. The van der Waals surface area contributed by atoms with Gasteiger partial charge in [0.2, 0.25) is 0 Å². The molecule has 25 heavy (non-hydrogen) atoms. The van der Waals surface area contributed by atoms with Crippen LogP contribution in [0, 0.1) is 12.8 Å². The maximum atomic E-state index is 10.1. The number of para-hydroxylation sites is 2. The molecule has 0 spiro atoms. The number of phenols is 1. The topological polar surface area (TPSA) is 41.5 Å². The second-order valence-electron chi connectivity index (χ2n) is 6.51. The number of fused-ring (bicyclic) bond motifs is 1. The molecule has 0 amide bonds. The lowest BCUT2D eigenvalue weighted by Gasteiger charge is -2.19. The SMILES string of the molecule is Cc1cccc(SC[C@@H](C)CNC2COc3ccccc3SC2)c1O. The summed E-state index contributed by atoms with van der Waals surface area (Å²) in [6.07, 6.45) is 0. The Labute approximate surface area is 158 Å². The number of hydrogen-bond acceptors (Lipinski definition) is 5. The molecule has 2 aromatic rings. The van der Waals surface area contributed by atoms with Gasteiger partial charge in [0.25, 0.3) is 0 Å². The van der Waals surface area contributed by atoms with Gasteiger partial charge in [-0.2, -0.15) is 0 Å². The van der Waals surface area contributed by atoms with Gasteiger partial charge in [0.05, 0.1) is 6.04 Å². The van der Waals surface area contributed by atoms with E-state index in [0.717, 1.165) is 34.3 Å². The summed E-state index contributed by atoms with van der Waals surface area (Å²) in [7, 11) is 0. The minimum atomic E-state index is 0.359. The molecule has 0 fully saturated rings. The average Bonchev–Trinajstić information content (AvgIpc) is 2.84. The summed E-state index contributed by atoms with van der Waals surface area (Å²) in [4.78, 5) is 2.20. The maximum absolute atomic E-state index is 10.1. The lowest BCUT2D eigenvalue weighted by molar-refractivity contribution is 0.270. The number of thioether (sulfide) groups is 2. The van der Waals surface area contributed by atoms with E-state index in [4.69, 9.17) is 4.74 Å². The van der Waals surface area contributed by atoms with Gasteiger partial charge in [0.15, 0.2) is 0 Å². The summed E-state index contributed by atoms with van der Waals surface area (Å²) in [6, 6.07) is 14.5. The number of rotatable bonds is 6. The number of phenolic OH excluding ortho intramolecular Hbond substituents is 1. The Morgan fingerprint density at radius 3 is 3.00 bits per heavy atom. The van der Waals surface area contributed by atoms with Crippen LogP contribution in [0.15, 0.2) is 52.3 Å². The monoisotopic (exact) mass is 375 g/mol. The quantitative estimate of drug-likeness (QED) is 0.724. The summed E-state index contributed by atoms with van der Waals surface area (Å²) in [5.41, 5.74) is 0.933. The Morgan fingerprint density at radius 1 is 1.28 bits per heavy atom. The number of ether oxygens (including phenoxy) is 1. The molecule has 0 radical (unpaired) electrons. The van der Waals surface area contributed by atoms with E-state index in [2.05, 4.69) is 24.4 Å². The molecule has 0 bridgehead atoms. The van der Waals surface area contributed by atoms with Crippen LogP contribution in [-0.2, 0) is 0 Å². The first kappa shape index (κ1) is 18.5. The Morgan fingerprint density at radius 2 is 2.12 bits per heavy atom. The lowest BCUT2D eigenvalue weighted by atomic mass is 10.2. The fourth-order valence-corrected chi connectivity index (χ4v) is 4.74. The number of aryl methyl sites for hydroxylation is 1. The molecule has 1 aliphatic heterocycles. The molecule has 1 unspecified atom stereocenters. The standard InChI is InChI=1S/C20H25NO2S2/c1-14(12-24-19-9-5-6-15(2)20(19)22)10-21-16-11-23-17-7-3-4-8-18(17)25-13-16/h3-9,14,16,21-22H,10-13H2,1-2H3/t14-,16?/m0/s1. The van der Waals surface area contributed by atoms with E-state index >= 15 is 0 Å². The second kappa shape index (κ2) is 8.88. The molecule has 3 rings (SSSR count). The van der Waals surface area contributed by atoms with Crippen LogP contribution in [0.3, 0.4) is 0 Å². The van der Waals surface area contributed by atoms with E-state index in [9.17, 15) is 5.11 Å². The average molecular weight is 376 g/mol. The number of aromatic hydroxyl groups is 1. The summed E-state index contributed by atoms with van der Waals surface area (Å²) in [5, 5.41) is 13.7. The third-order valence-corrected chi connectivity index (χ3v) is 6.80. The first-order valence-electron chi connectivity index (χ1n) is 8.63. The fraction of sp³-hybridized carbons (Fsp3) is 0.400. The summed E-state index contributed by atoms with van der Waals surface area (Å²) >= 11 is 3.58. The predicted octanol–water partition coefficient (Wildman–Crippen LogP) is 4.57. The van der Waals surface area contributed by atoms with Crippen molar-refractivity contribution in [2.45, 2.75) is 29.7 Å². The molecule has 2 atom stereocenters. The van der Waals surface area contributed by atoms with Crippen molar-refractivity contribution in [2.24, 2.45) is 5.92 Å². The normalized spacial score (nSPS) is 18.1. The van der Waals surface area contributed by atoms with Crippen molar-refractivity contribution >= 4 is 23.5 Å². The van der Waals surface area contributed by atoms with Crippen LogP contribution in [-0.4, -0.2) is 35.8 Å². The van der Waals surface area contributed by atoms with E-state index in [1.807, 2.05) is 49.0 Å². The van der Waals surface area contributed by atoms with Gasteiger partial charge in [0.1, 0.15) is 18.1 Å². The van der Waals surface area contributed by atoms with Crippen molar-refractivity contribution in [3.05, 3.63) is 48.0 Å². The van der Waals surface area contributed by atoms with Gasteiger partial charge >= 0.3 is 0 Å². The van der Waals surface area contributed by atoms with E-state index in [1.165, 1.54) is 4.90 Å². The number of hydrogen-bond donors (Lipinski definition) is 2. The fourth-order valence-electron chi connectivity index (χ4n) is 2.64. The maximum Gasteiger partial charge on any atom is 0.132 e. The smallest absolute Gasteiger partial charge is 0.132 e. The summed E-state index contributed by atoms with van der Waals surface area (Å²) in [5.74, 6) is 3.93. The largest absolute Gasteiger partial charge is 0.507 e. The van der Waals surface area contributed by atoms with Crippen molar-refractivity contribution in [1.29, 1.82) is 0 Å². The zero-order valence-corrected chi connectivity index (χ0v) is 16.3. The summed E-state index contributed by atoms with van der Waals surface area (Å²) in [6.45, 7) is 5.84. The van der Waals surface area contributed by atoms with Gasteiger partial charge < -0.3 is 15.2 Å². The van der Waals surface area contributed by atoms with E-state index in [1.54, 1.807) is 11.8 Å². The van der Waals surface area contributed by atoms with Crippen molar-refractivity contribution in [1.82, 2.24) is 5.32 Å². The highest BCUT2D eigenvalue weighted by molar-refractivity contribution is 7.99. The van der Waals surface area contributed by atoms with E-state index in [0.29, 0.717) is 24.3 Å². The molecule has 0 saturated carbocycles. The minimum absolute atomic E-state index is 0.359. The minimum Gasteiger partial charge on any atom is -0.507 e. The molecule has 0 aromatic heterocycles. The van der Waals surface area contributed by atoms with Gasteiger partial charge in [-0.3, -0.25) is 0 Å². The Hall–Kier alpha value is -1.30.